The van der Waals surface area contributed by atoms with Gasteiger partial charge in [-0.15, -0.1) is 0 Å². The highest BCUT2D eigenvalue weighted by Gasteiger charge is 2.15. The molecule has 0 saturated heterocycles. The minimum absolute atomic E-state index is 0.146. The summed E-state index contributed by atoms with van der Waals surface area (Å²) in [5, 5.41) is 12.1. The van der Waals surface area contributed by atoms with E-state index in [1.807, 2.05) is 0 Å². The van der Waals surface area contributed by atoms with E-state index in [1.54, 1.807) is 37.3 Å². The Morgan fingerprint density at radius 2 is 1.90 bits per heavy atom. The number of carboxylic acids is 1. The van der Waals surface area contributed by atoms with Gasteiger partial charge in [0.15, 0.2) is 0 Å². The second-order valence-electron chi connectivity index (χ2n) is 4.36. The van der Waals surface area contributed by atoms with Crippen LogP contribution in [0.1, 0.15) is 26.3 Å². The molecule has 0 fully saturated rings. The van der Waals surface area contributed by atoms with E-state index in [9.17, 15) is 9.59 Å². The van der Waals surface area contributed by atoms with Crippen molar-refractivity contribution in [2.24, 2.45) is 0 Å². The van der Waals surface area contributed by atoms with Crippen LogP contribution in [-0.2, 0) is 0 Å². The Labute approximate surface area is 134 Å². The first-order valence-corrected chi connectivity index (χ1v) is 7.16. The van der Waals surface area contributed by atoms with Gasteiger partial charge >= 0.3 is 5.97 Å². The number of carbonyl (C=O) groups is 2. The van der Waals surface area contributed by atoms with Crippen LogP contribution in [-0.4, -0.2) is 17.0 Å². The topological polar surface area (TPSA) is 66.4 Å². The minimum Gasteiger partial charge on any atom is -0.478 e. The first-order chi connectivity index (χ1) is 9.90. The smallest absolute Gasteiger partial charge is 0.336 e. The van der Waals surface area contributed by atoms with Gasteiger partial charge in [-0.3, -0.25) is 4.79 Å². The van der Waals surface area contributed by atoms with Gasteiger partial charge in [-0.1, -0.05) is 33.6 Å². The van der Waals surface area contributed by atoms with Crippen LogP contribution in [0.3, 0.4) is 0 Å². The highest BCUT2D eigenvalue weighted by molar-refractivity contribution is 9.10. The van der Waals surface area contributed by atoms with E-state index in [0.717, 1.165) is 4.47 Å². The van der Waals surface area contributed by atoms with E-state index in [4.69, 9.17) is 16.7 Å². The summed E-state index contributed by atoms with van der Waals surface area (Å²) in [4.78, 5) is 23.3. The number of carbonyl (C=O) groups excluding carboxylic acids is 1. The third kappa shape index (κ3) is 3.43. The molecule has 0 bridgehead atoms. The Hall–Kier alpha value is -1.85. The molecule has 4 nitrogen and oxygen atoms in total. The third-order valence-corrected chi connectivity index (χ3v) is 3.81. The molecule has 2 N–H and O–H groups in total. The van der Waals surface area contributed by atoms with Gasteiger partial charge in [0.05, 0.1) is 16.1 Å². The fourth-order valence-electron chi connectivity index (χ4n) is 1.86. The maximum atomic E-state index is 12.3. The van der Waals surface area contributed by atoms with E-state index in [2.05, 4.69) is 21.2 Å². The first kappa shape index (κ1) is 15.5. The summed E-state index contributed by atoms with van der Waals surface area (Å²) in [6, 6.07) is 9.66. The Morgan fingerprint density at radius 1 is 1.19 bits per heavy atom. The monoisotopic (exact) mass is 367 g/mol. The number of amides is 1. The number of nitrogens with one attached hydrogen (secondary N) is 1. The van der Waals surface area contributed by atoms with Crippen LogP contribution in [0.2, 0.25) is 5.02 Å². The number of aromatic carboxylic acids is 1. The zero-order chi connectivity index (χ0) is 15.6. The molecule has 0 aliphatic carbocycles. The van der Waals surface area contributed by atoms with Gasteiger partial charge in [-0.05, 0) is 42.8 Å². The summed E-state index contributed by atoms with van der Waals surface area (Å²) in [6.45, 7) is 1.64. The lowest BCUT2D eigenvalue weighted by atomic mass is 10.1. The SMILES string of the molecule is Cc1c(NC(=O)c2cc(Br)ccc2Cl)cccc1C(=O)O. The van der Waals surface area contributed by atoms with E-state index >= 15 is 0 Å². The van der Waals surface area contributed by atoms with Gasteiger partial charge in [0.25, 0.3) is 5.91 Å². The molecule has 2 aromatic rings. The van der Waals surface area contributed by atoms with Gasteiger partial charge in [0.1, 0.15) is 0 Å². The van der Waals surface area contributed by atoms with Crippen LogP contribution in [0.25, 0.3) is 0 Å². The molecular formula is C15H11BrClNO3. The second kappa shape index (κ2) is 6.28. The van der Waals surface area contributed by atoms with Crippen LogP contribution < -0.4 is 5.32 Å². The van der Waals surface area contributed by atoms with Crippen molar-refractivity contribution in [3.63, 3.8) is 0 Å². The minimum atomic E-state index is -1.04. The van der Waals surface area contributed by atoms with Crippen molar-refractivity contribution in [3.8, 4) is 0 Å². The highest BCUT2D eigenvalue weighted by atomic mass is 79.9. The van der Waals surface area contributed by atoms with Crippen molar-refractivity contribution in [2.75, 3.05) is 5.32 Å². The molecule has 2 aromatic carbocycles. The van der Waals surface area contributed by atoms with Crippen molar-refractivity contribution < 1.29 is 14.7 Å². The van der Waals surface area contributed by atoms with Gasteiger partial charge in [0.2, 0.25) is 0 Å². The van der Waals surface area contributed by atoms with Crippen LogP contribution in [0.5, 0.6) is 0 Å². The van der Waals surface area contributed by atoms with Crippen LogP contribution >= 0.6 is 27.5 Å². The average molecular weight is 369 g/mol. The summed E-state index contributed by atoms with van der Waals surface area (Å²) < 4.78 is 0.730. The Bertz CT molecular complexity index is 731. The summed E-state index contributed by atoms with van der Waals surface area (Å²) in [6.07, 6.45) is 0. The molecule has 0 unspecified atom stereocenters. The highest BCUT2D eigenvalue weighted by Crippen LogP contribution is 2.24. The van der Waals surface area contributed by atoms with Crippen LogP contribution in [0.4, 0.5) is 5.69 Å². The maximum absolute atomic E-state index is 12.3. The number of hydrogen-bond donors (Lipinski definition) is 2. The molecular weight excluding hydrogens is 358 g/mol. The number of carboxylic acid groups (broad SMARTS) is 1. The number of halogens is 2. The summed E-state index contributed by atoms with van der Waals surface area (Å²) in [7, 11) is 0. The summed E-state index contributed by atoms with van der Waals surface area (Å²) in [5.41, 5.74) is 1.39. The zero-order valence-corrected chi connectivity index (χ0v) is 13.3. The van der Waals surface area contributed by atoms with Gasteiger partial charge in [-0.25, -0.2) is 4.79 Å². The van der Waals surface area contributed by atoms with Gasteiger partial charge in [-0.2, -0.15) is 0 Å². The van der Waals surface area contributed by atoms with Gasteiger partial charge in [0, 0.05) is 10.2 Å². The standard InChI is InChI=1S/C15H11BrClNO3/c1-8-10(15(20)21)3-2-4-13(8)18-14(19)11-7-9(16)5-6-12(11)17/h2-7H,1H3,(H,18,19)(H,20,21). The van der Waals surface area contributed by atoms with Crippen molar-refractivity contribution in [3.05, 3.63) is 62.6 Å². The molecule has 0 spiro atoms. The maximum Gasteiger partial charge on any atom is 0.336 e. The van der Waals surface area contributed by atoms with E-state index in [0.29, 0.717) is 21.8 Å². The number of hydrogen-bond acceptors (Lipinski definition) is 2. The van der Waals surface area contributed by atoms with Crippen molar-refractivity contribution >= 4 is 45.1 Å². The van der Waals surface area contributed by atoms with E-state index in [1.165, 1.54) is 6.07 Å². The van der Waals surface area contributed by atoms with Crippen LogP contribution in [0, 0.1) is 6.92 Å². The summed E-state index contributed by atoms with van der Waals surface area (Å²) >= 11 is 9.28. The summed E-state index contributed by atoms with van der Waals surface area (Å²) in [5.74, 6) is -1.43. The molecule has 2 rings (SSSR count). The number of rotatable bonds is 3. The predicted octanol–water partition coefficient (Wildman–Crippen LogP) is 4.36. The molecule has 1 amide bonds. The lowest BCUT2D eigenvalue weighted by Gasteiger charge is -2.11. The van der Waals surface area contributed by atoms with E-state index < -0.39 is 11.9 Å². The third-order valence-electron chi connectivity index (χ3n) is 2.99. The average Bonchev–Trinajstić information content (AvgIpc) is 2.43. The van der Waals surface area contributed by atoms with Crippen molar-refractivity contribution in [1.29, 1.82) is 0 Å². The Kier molecular flexibility index (Phi) is 4.65. The lowest BCUT2D eigenvalue weighted by molar-refractivity contribution is 0.0695. The Balaban J connectivity index is 2.34. The molecule has 0 aliphatic heterocycles. The molecule has 0 aromatic heterocycles. The van der Waals surface area contributed by atoms with E-state index in [-0.39, 0.29) is 5.56 Å². The number of anilines is 1. The second-order valence-corrected chi connectivity index (χ2v) is 5.68. The Morgan fingerprint density at radius 3 is 2.57 bits per heavy atom. The normalized spacial score (nSPS) is 10.2. The molecule has 0 radical (unpaired) electrons. The fraction of sp³-hybridized carbons (Fsp3) is 0.0667. The molecule has 0 heterocycles. The quantitative estimate of drug-likeness (QED) is 0.846. The molecule has 21 heavy (non-hydrogen) atoms. The molecule has 0 aliphatic rings. The predicted molar refractivity (Wildman–Crippen MR) is 85.2 cm³/mol. The van der Waals surface area contributed by atoms with Crippen LogP contribution in [0.15, 0.2) is 40.9 Å². The van der Waals surface area contributed by atoms with Gasteiger partial charge < -0.3 is 10.4 Å². The largest absolute Gasteiger partial charge is 0.478 e. The molecule has 0 atom stereocenters. The van der Waals surface area contributed by atoms with Crippen molar-refractivity contribution in [2.45, 2.75) is 6.92 Å². The van der Waals surface area contributed by atoms with Crippen molar-refractivity contribution in [1.82, 2.24) is 0 Å². The fourth-order valence-corrected chi connectivity index (χ4v) is 2.43. The zero-order valence-electron chi connectivity index (χ0n) is 11.0. The molecule has 0 saturated carbocycles. The molecule has 108 valence electrons. The number of benzene rings is 2. The first-order valence-electron chi connectivity index (χ1n) is 5.99. The molecule has 6 heteroatoms. The lowest BCUT2D eigenvalue weighted by Crippen LogP contribution is -2.14.